The number of anilines is 4. The third-order valence-electron chi connectivity index (χ3n) is 4.71. The summed E-state index contributed by atoms with van der Waals surface area (Å²) in [6.45, 7) is 0.441. The molecule has 4 aromatic rings. The zero-order valence-corrected chi connectivity index (χ0v) is 18.8. The maximum absolute atomic E-state index is 12.7. The summed E-state index contributed by atoms with van der Waals surface area (Å²) in [5.74, 6) is 0.523. The van der Waals surface area contributed by atoms with Crippen molar-refractivity contribution in [2.45, 2.75) is 6.42 Å². The van der Waals surface area contributed by atoms with Crippen molar-refractivity contribution in [3.05, 3.63) is 65.8 Å². The van der Waals surface area contributed by atoms with Gasteiger partial charge in [-0.25, -0.2) is 14.8 Å². The Balaban J connectivity index is 1.34. The van der Waals surface area contributed by atoms with E-state index in [1.54, 1.807) is 53.9 Å². The van der Waals surface area contributed by atoms with Gasteiger partial charge < -0.3 is 31.5 Å². The van der Waals surface area contributed by atoms with Crippen molar-refractivity contribution in [3.63, 3.8) is 0 Å². The summed E-state index contributed by atoms with van der Waals surface area (Å²) in [4.78, 5) is 33.8. The number of nitrogens with two attached hydrogens (primary N) is 1. The molecule has 34 heavy (non-hydrogen) atoms. The molecule has 3 amide bonds. The second-order valence-corrected chi connectivity index (χ2v) is 8.01. The third-order valence-corrected chi connectivity index (χ3v) is 5.59. The van der Waals surface area contributed by atoms with Gasteiger partial charge in [-0.1, -0.05) is 6.07 Å². The number of thiophene rings is 1. The number of amides is 3. The molecule has 10 nitrogen and oxygen atoms in total. The third kappa shape index (κ3) is 5.57. The smallest absolute Gasteiger partial charge is 0.323 e. The van der Waals surface area contributed by atoms with Gasteiger partial charge in [0.2, 0.25) is 0 Å². The number of urea groups is 1. The molecule has 11 heteroatoms. The van der Waals surface area contributed by atoms with Crippen molar-refractivity contribution in [1.29, 1.82) is 0 Å². The zero-order chi connectivity index (χ0) is 23.9. The molecule has 0 aliphatic rings. The summed E-state index contributed by atoms with van der Waals surface area (Å²) < 4.78 is 5.51. The van der Waals surface area contributed by atoms with Crippen molar-refractivity contribution in [2.75, 3.05) is 34.9 Å². The summed E-state index contributed by atoms with van der Waals surface area (Å²) >= 11 is 1.32. The molecular weight excluding hydrogens is 456 g/mol. The first-order valence-electron chi connectivity index (χ1n) is 10.3. The number of carbonyl (C=O) groups excluding carboxylic acids is 2. The van der Waals surface area contributed by atoms with Crippen LogP contribution in [0, 0.1) is 0 Å². The maximum Gasteiger partial charge on any atom is 0.323 e. The number of aromatic nitrogens is 2. The monoisotopic (exact) mass is 478 g/mol. The molecule has 4 rings (SSSR count). The number of fused-ring (bicyclic) bond motifs is 1. The molecule has 6 N–H and O–H groups in total. The van der Waals surface area contributed by atoms with E-state index in [-0.39, 0.29) is 18.3 Å². The van der Waals surface area contributed by atoms with Gasteiger partial charge in [0.15, 0.2) is 0 Å². The number of carbonyl (C=O) groups is 2. The molecule has 0 bridgehead atoms. The van der Waals surface area contributed by atoms with Gasteiger partial charge >= 0.3 is 6.03 Å². The Bertz CT molecular complexity index is 1310. The lowest BCUT2D eigenvalue weighted by Gasteiger charge is -2.11. The predicted molar refractivity (Wildman–Crippen MR) is 133 cm³/mol. The van der Waals surface area contributed by atoms with Crippen LogP contribution in [0.15, 0.2) is 60.2 Å². The SMILES string of the molecule is Nc1ncnc2scc(C(=O)Nc3ccc(NC(=O)Nc4cccc(OCCCO)c4)cc3)c12. The number of aliphatic hydroxyl groups is 1. The highest BCUT2D eigenvalue weighted by Crippen LogP contribution is 2.28. The largest absolute Gasteiger partial charge is 0.493 e. The Morgan fingerprint density at radius 2 is 1.74 bits per heavy atom. The molecule has 0 atom stereocenters. The highest BCUT2D eigenvalue weighted by atomic mass is 32.1. The molecule has 0 unspecified atom stereocenters. The van der Waals surface area contributed by atoms with Crippen LogP contribution in [0.25, 0.3) is 10.2 Å². The van der Waals surface area contributed by atoms with Gasteiger partial charge in [0.1, 0.15) is 22.7 Å². The standard InChI is InChI=1S/C23H22N6O4S/c24-20-19-18(12-34-22(19)26-13-25-20)21(31)27-14-5-7-15(8-6-14)28-23(32)29-16-3-1-4-17(11-16)33-10-2-9-30/h1,3-8,11-13,30H,2,9-10H2,(H,27,31)(H2,24,25,26)(H2,28,29,32). The lowest BCUT2D eigenvalue weighted by Crippen LogP contribution is -2.19. The molecule has 2 heterocycles. The second-order valence-electron chi connectivity index (χ2n) is 7.15. The molecule has 0 aliphatic heterocycles. The molecule has 2 aromatic carbocycles. The molecular formula is C23H22N6O4S. The molecule has 2 aromatic heterocycles. The van der Waals surface area contributed by atoms with Crippen molar-refractivity contribution >= 4 is 56.4 Å². The summed E-state index contributed by atoms with van der Waals surface area (Å²) in [6.07, 6.45) is 1.89. The highest BCUT2D eigenvalue weighted by Gasteiger charge is 2.16. The molecule has 0 saturated carbocycles. The van der Waals surface area contributed by atoms with Crippen LogP contribution in [0.1, 0.15) is 16.8 Å². The van der Waals surface area contributed by atoms with E-state index in [0.717, 1.165) is 0 Å². The van der Waals surface area contributed by atoms with Gasteiger partial charge in [-0.15, -0.1) is 11.3 Å². The fourth-order valence-electron chi connectivity index (χ4n) is 3.11. The number of benzene rings is 2. The van der Waals surface area contributed by atoms with Crippen molar-refractivity contribution in [1.82, 2.24) is 9.97 Å². The normalized spacial score (nSPS) is 10.6. The molecule has 0 spiro atoms. The van der Waals surface area contributed by atoms with Gasteiger partial charge in [0.05, 0.1) is 17.6 Å². The fraction of sp³-hybridized carbons (Fsp3) is 0.130. The first kappa shape index (κ1) is 23.0. The maximum atomic E-state index is 12.7. The zero-order valence-electron chi connectivity index (χ0n) is 17.9. The Morgan fingerprint density at radius 3 is 2.50 bits per heavy atom. The lowest BCUT2D eigenvalue weighted by atomic mass is 10.2. The van der Waals surface area contributed by atoms with E-state index in [2.05, 4.69) is 25.9 Å². The number of aliphatic hydroxyl groups excluding tert-OH is 1. The quantitative estimate of drug-likeness (QED) is 0.241. The molecule has 0 fully saturated rings. The lowest BCUT2D eigenvalue weighted by molar-refractivity contribution is 0.102. The topological polar surface area (TPSA) is 151 Å². The Labute approximate surface area is 198 Å². The number of hydrogen-bond acceptors (Lipinski definition) is 8. The van der Waals surface area contributed by atoms with Crippen LogP contribution < -0.4 is 26.4 Å². The van der Waals surface area contributed by atoms with Crippen LogP contribution in [0.3, 0.4) is 0 Å². The molecule has 0 aliphatic carbocycles. The van der Waals surface area contributed by atoms with Gasteiger partial charge in [0.25, 0.3) is 5.91 Å². The van der Waals surface area contributed by atoms with Gasteiger partial charge in [-0.3, -0.25) is 4.79 Å². The van der Waals surface area contributed by atoms with Crippen LogP contribution in [0.2, 0.25) is 0 Å². The van der Waals surface area contributed by atoms with Crippen molar-refractivity contribution in [2.24, 2.45) is 0 Å². The van der Waals surface area contributed by atoms with Gasteiger partial charge in [-0.2, -0.15) is 0 Å². The Morgan fingerprint density at radius 1 is 1.00 bits per heavy atom. The average molecular weight is 479 g/mol. The minimum atomic E-state index is -0.426. The number of hydrogen-bond donors (Lipinski definition) is 5. The summed E-state index contributed by atoms with van der Waals surface area (Å²) in [5.41, 5.74) is 7.97. The van der Waals surface area contributed by atoms with Crippen LogP contribution in [-0.2, 0) is 0 Å². The van der Waals surface area contributed by atoms with Gasteiger partial charge in [-0.05, 0) is 36.4 Å². The number of nitrogens with one attached hydrogen (secondary N) is 3. The minimum Gasteiger partial charge on any atom is -0.493 e. The first-order valence-corrected chi connectivity index (χ1v) is 11.2. The Hall–Kier alpha value is -4.22. The summed E-state index contributed by atoms with van der Waals surface area (Å²) in [6, 6.07) is 13.2. The van der Waals surface area contributed by atoms with E-state index >= 15 is 0 Å². The molecule has 174 valence electrons. The number of nitrogens with zero attached hydrogens (tertiary/aromatic N) is 2. The fourth-order valence-corrected chi connectivity index (χ4v) is 4.01. The first-order chi connectivity index (χ1) is 16.5. The highest BCUT2D eigenvalue weighted by molar-refractivity contribution is 7.17. The van der Waals surface area contributed by atoms with Crippen LogP contribution in [0.5, 0.6) is 5.75 Å². The summed E-state index contributed by atoms with van der Waals surface area (Å²) in [7, 11) is 0. The van der Waals surface area contributed by atoms with Gasteiger partial charge in [0, 0.05) is 41.5 Å². The van der Waals surface area contributed by atoms with Crippen LogP contribution >= 0.6 is 11.3 Å². The van der Waals surface area contributed by atoms with E-state index < -0.39 is 6.03 Å². The van der Waals surface area contributed by atoms with E-state index in [4.69, 9.17) is 15.6 Å². The second kappa shape index (κ2) is 10.6. The minimum absolute atomic E-state index is 0.0529. The molecule has 0 saturated heterocycles. The number of rotatable bonds is 8. The molecule has 0 radical (unpaired) electrons. The van der Waals surface area contributed by atoms with Crippen molar-refractivity contribution in [3.8, 4) is 5.75 Å². The van der Waals surface area contributed by atoms with E-state index in [9.17, 15) is 9.59 Å². The number of nitrogen functional groups attached to an aromatic ring is 1. The summed E-state index contributed by atoms with van der Waals surface area (Å²) in [5, 5.41) is 19.3. The van der Waals surface area contributed by atoms with E-state index in [1.807, 2.05) is 0 Å². The van der Waals surface area contributed by atoms with E-state index in [1.165, 1.54) is 17.7 Å². The predicted octanol–water partition coefficient (Wildman–Crippen LogP) is 3.93. The number of ether oxygens (including phenoxy) is 1. The van der Waals surface area contributed by atoms with Crippen molar-refractivity contribution < 1.29 is 19.4 Å². The average Bonchev–Trinajstić information content (AvgIpc) is 3.27. The van der Waals surface area contributed by atoms with Crippen LogP contribution in [0.4, 0.5) is 27.7 Å². The Kier molecular flexibility index (Phi) is 7.16. The van der Waals surface area contributed by atoms with E-state index in [0.29, 0.717) is 51.6 Å². The van der Waals surface area contributed by atoms with Crippen LogP contribution in [-0.4, -0.2) is 40.2 Å².